The molecule has 0 radical (unpaired) electrons. The summed E-state index contributed by atoms with van der Waals surface area (Å²) in [6.45, 7) is 3.29. The maximum absolute atomic E-state index is 11.7. The topological polar surface area (TPSA) is 99.7 Å². The summed E-state index contributed by atoms with van der Waals surface area (Å²) in [4.78, 5) is 33.5. The Hall–Kier alpha value is -2.70. The van der Waals surface area contributed by atoms with Gasteiger partial charge in [0.15, 0.2) is 0 Å². The van der Waals surface area contributed by atoms with Crippen molar-refractivity contribution in [1.82, 2.24) is 0 Å². The van der Waals surface area contributed by atoms with E-state index < -0.39 is 16.5 Å². The van der Waals surface area contributed by atoms with Gasteiger partial charge in [0.05, 0.1) is 11.0 Å². The number of carbonyl (C=O) groups excluding carboxylic acids is 1. The molecule has 1 heterocycles. The van der Waals surface area contributed by atoms with Crippen LogP contribution in [-0.2, 0) is 4.74 Å². The monoisotopic (exact) mass is 277 g/mol. The third-order valence-corrected chi connectivity index (χ3v) is 2.49. The zero-order valence-corrected chi connectivity index (χ0v) is 10.8. The van der Waals surface area contributed by atoms with Crippen LogP contribution in [0.4, 0.5) is 5.69 Å². The van der Waals surface area contributed by atoms with Gasteiger partial charge in [0.25, 0.3) is 5.69 Å². The van der Waals surface area contributed by atoms with Gasteiger partial charge in [0.2, 0.25) is 0 Å². The number of nitro benzene ring substituents is 1. The molecule has 2 aromatic rings. The molecular weight excluding hydrogens is 266 g/mol. The summed E-state index contributed by atoms with van der Waals surface area (Å²) in [6, 6.07) is 4.99. The van der Waals surface area contributed by atoms with E-state index in [0.717, 1.165) is 0 Å². The Balaban J connectivity index is 2.56. The molecule has 20 heavy (non-hydrogen) atoms. The zero-order valence-electron chi connectivity index (χ0n) is 10.8. The lowest BCUT2D eigenvalue weighted by atomic mass is 10.1. The number of hydrogen-bond donors (Lipinski definition) is 0. The van der Waals surface area contributed by atoms with Crippen molar-refractivity contribution < 1.29 is 18.9 Å². The molecule has 0 N–H and O–H groups in total. The van der Waals surface area contributed by atoms with Crippen molar-refractivity contribution >= 4 is 22.6 Å². The van der Waals surface area contributed by atoms with Crippen molar-refractivity contribution in [3.8, 4) is 0 Å². The molecule has 0 bridgehead atoms. The maximum atomic E-state index is 11.7. The molecule has 0 saturated carbocycles. The quantitative estimate of drug-likeness (QED) is 0.369. The van der Waals surface area contributed by atoms with Crippen LogP contribution >= 0.6 is 0 Å². The first-order chi connectivity index (χ1) is 9.38. The third-order valence-electron chi connectivity index (χ3n) is 2.49. The van der Waals surface area contributed by atoms with Crippen molar-refractivity contribution in [3.05, 3.63) is 50.4 Å². The zero-order chi connectivity index (χ0) is 14.9. The SMILES string of the molecule is CC(C)OC(=O)c1cc2cc([N+](=O)[O-])ccc2oc1=O. The lowest BCUT2D eigenvalue weighted by molar-refractivity contribution is -0.384. The van der Waals surface area contributed by atoms with Gasteiger partial charge in [0, 0.05) is 17.5 Å². The fraction of sp³-hybridized carbons (Fsp3) is 0.231. The van der Waals surface area contributed by atoms with Crippen LogP contribution < -0.4 is 5.63 Å². The number of rotatable bonds is 3. The predicted molar refractivity (Wildman–Crippen MR) is 69.7 cm³/mol. The lowest BCUT2D eigenvalue weighted by Gasteiger charge is -2.07. The fourth-order valence-corrected chi connectivity index (χ4v) is 1.64. The number of carbonyl (C=O) groups is 1. The number of fused-ring (bicyclic) bond motifs is 1. The van der Waals surface area contributed by atoms with E-state index in [0.29, 0.717) is 0 Å². The highest BCUT2D eigenvalue weighted by Gasteiger charge is 2.17. The van der Waals surface area contributed by atoms with Crippen LogP contribution in [0.3, 0.4) is 0 Å². The van der Waals surface area contributed by atoms with Crippen LogP contribution in [0.1, 0.15) is 24.2 Å². The minimum absolute atomic E-state index is 0.158. The highest BCUT2D eigenvalue weighted by molar-refractivity contribution is 5.93. The summed E-state index contributed by atoms with van der Waals surface area (Å²) < 4.78 is 9.86. The number of hydrogen-bond acceptors (Lipinski definition) is 6. The average molecular weight is 277 g/mol. The maximum Gasteiger partial charge on any atom is 0.351 e. The molecule has 104 valence electrons. The van der Waals surface area contributed by atoms with Crippen LogP contribution in [0.15, 0.2) is 33.5 Å². The second kappa shape index (κ2) is 5.12. The van der Waals surface area contributed by atoms with Gasteiger partial charge in [-0.25, -0.2) is 9.59 Å². The van der Waals surface area contributed by atoms with Gasteiger partial charge in [-0.3, -0.25) is 10.1 Å². The summed E-state index contributed by atoms with van der Waals surface area (Å²) >= 11 is 0. The molecule has 1 aromatic carbocycles. The van der Waals surface area contributed by atoms with Gasteiger partial charge in [-0.15, -0.1) is 0 Å². The predicted octanol–water partition coefficient (Wildman–Crippen LogP) is 2.27. The number of ether oxygens (including phenoxy) is 1. The fourth-order valence-electron chi connectivity index (χ4n) is 1.64. The van der Waals surface area contributed by atoms with Crippen LogP contribution in [0.5, 0.6) is 0 Å². The lowest BCUT2D eigenvalue weighted by Crippen LogP contribution is -2.19. The van der Waals surface area contributed by atoms with E-state index in [2.05, 4.69) is 0 Å². The Labute approximate surface area is 112 Å². The van der Waals surface area contributed by atoms with E-state index in [9.17, 15) is 19.7 Å². The second-order valence-corrected chi connectivity index (χ2v) is 4.38. The molecule has 0 saturated heterocycles. The molecule has 1 aromatic heterocycles. The van der Waals surface area contributed by atoms with E-state index in [1.807, 2.05) is 0 Å². The number of nitro groups is 1. The van der Waals surface area contributed by atoms with Gasteiger partial charge < -0.3 is 9.15 Å². The van der Waals surface area contributed by atoms with Gasteiger partial charge in [-0.1, -0.05) is 0 Å². The van der Waals surface area contributed by atoms with Crippen molar-refractivity contribution in [2.45, 2.75) is 20.0 Å². The number of benzene rings is 1. The molecule has 7 nitrogen and oxygen atoms in total. The Bertz CT molecular complexity index is 746. The number of nitrogens with zero attached hydrogens (tertiary/aromatic N) is 1. The molecule has 2 rings (SSSR count). The van der Waals surface area contributed by atoms with Gasteiger partial charge in [-0.2, -0.15) is 0 Å². The van der Waals surface area contributed by atoms with Gasteiger partial charge in [0.1, 0.15) is 11.1 Å². The van der Waals surface area contributed by atoms with Crippen molar-refractivity contribution in [2.75, 3.05) is 0 Å². The summed E-state index contributed by atoms with van der Waals surface area (Å²) in [5.41, 5.74) is -1.11. The van der Waals surface area contributed by atoms with Crippen molar-refractivity contribution in [1.29, 1.82) is 0 Å². The van der Waals surface area contributed by atoms with E-state index in [1.165, 1.54) is 24.3 Å². The standard InChI is InChI=1S/C13H11NO6/c1-7(2)19-12(15)10-6-8-5-9(14(17)18)3-4-11(8)20-13(10)16/h3-7H,1-2H3. The summed E-state index contributed by atoms with van der Waals surface area (Å²) in [5, 5.41) is 11.0. The highest BCUT2D eigenvalue weighted by atomic mass is 16.6. The summed E-state index contributed by atoms with van der Waals surface area (Å²) in [5.74, 6) is -0.817. The Morgan fingerprint density at radius 2 is 2.05 bits per heavy atom. The van der Waals surface area contributed by atoms with E-state index in [-0.39, 0.29) is 28.3 Å². The van der Waals surface area contributed by atoms with Crippen LogP contribution in [0.25, 0.3) is 11.0 Å². The first-order valence-corrected chi connectivity index (χ1v) is 5.82. The third kappa shape index (κ3) is 2.66. The van der Waals surface area contributed by atoms with Crippen molar-refractivity contribution in [2.24, 2.45) is 0 Å². The van der Waals surface area contributed by atoms with Crippen LogP contribution in [0, 0.1) is 10.1 Å². The van der Waals surface area contributed by atoms with Crippen molar-refractivity contribution in [3.63, 3.8) is 0 Å². The number of esters is 1. The minimum atomic E-state index is -0.836. The molecule has 0 fully saturated rings. The summed E-state index contributed by atoms with van der Waals surface area (Å²) in [6.07, 6.45) is -0.386. The van der Waals surface area contributed by atoms with E-state index in [1.54, 1.807) is 13.8 Å². The molecule has 0 aliphatic rings. The molecule has 7 heteroatoms. The Morgan fingerprint density at radius 3 is 2.65 bits per heavy atom. The number of non-ortho nitro benzene ring substituents is 1. The Morgan fingerprint density at radius 1 is 1.35 bits per heavy atom. The molecule has 0 atom stereocenters. The molecule has 0 aliphatic carbocycles. The normalized spacial score (nSPS) is 10.8. The smallest absolute Gasteiger partial charge is 0.351 e. The molecule has 0 unspecified atom stereocenters. The summed E-state index contributed by atoms with van der Waals surface area (Å²) in [7, 11) is 0. The average Bonchev–Trinajstić information content (AvgIpc) is 2.36. The van der Waals surface area contributed by atoms with Gasteiger partial charge in [-0.05, 0) is 26.0 Å². The largest absolute Gasteiger partial charge is 0.459 e. The molecule has 0 aliphatic heterocycles. The Kier molecular flexibility index (Phi) is 3.51. The van der Waals surface area contributed by atoms with E-state index in [4.69, 9.17) is 9.15 Å². The molecule has 0 amide bonds. The van der Waals surface area contributed by atoms with E-state index >= 15 is 0 Å². The van der Waals surface area contributed by atoms with Crippen LogP contribution in [0.2, 0.25) is 0 Å². The highest BCUT2D eigenvalue weighted by Crippen LogP contribution is 2.20. The van der Waals surface area contributed by atoms with Gasteiger partial charge >= 0.3 is 11.6 Å². The molecule has 0 spiro atoms. The van der Waals surface area contributed by atoms with Crippen LogP contribution in [-0.4, -0.2) is 17.0 Å². The second-order valence-electron chi connectivity index (χ2n) is 4.38. The molecular formula is C13H11NO6. The minimum Gasteiger partial charge on any atom is -0.459 e. The first-order valence-electron chi connectivity index (χ1n) is 5.82. The first kappa shape index (κ1) is 13.7.